The number of rotatable bonds is 5. The fourth-order valence-corrected chi connectivity index (χ4v) is 3.71. The van der Waals surface area contributed by atoms with E-state index in [2.05, 4.69) is 29.9 Å². The van der Waals surface area contributed by atoms with Gasteiger partial charge in [0.05, 0.1) is 5.92 Å². The van der Waals surface area contributed by atoms with Gasteiger partial charge >= 0.3 is 5.97 Å². The van der Waals surface area contributed by atoms with Gasteiger partial charge in [0.15, 0.2) is 0 Å². The number of hydrogen-bond acceptors (Lipinski definition) is 2. The van der Waals surface area contributed by atoms with E-state index < -0.39 is 5.97 Å². The Morgan fingerprint density at radius 2 is 1.92 bits per heavy atom. The molecule has 1 aliphatic carbocycles. The first-order valence-electron chi connectivity index (χ1n) is 9.07. The van der Waals surface area contributed by atoms with Gasteiger partial charge in [0.2, 0.25) is 0 Å². The molecule has 25 heavy (non-hydrogen) atoms. The summed E-state index contributed by atoms with van der Waals surface area (Å²) in [6.07, 6.45) is 5.22. The quantitative estimate of drug-likeness (QED) is 0.867. The molecule has 0 radical (unpaired) electrons. The van der Waals surface area contributed by atoms with Crippen LogP contribution in [0.4, 0.5) is 0 Å². The summed E-state index contributed by atoms with van der Waals surface area (Å²) in [5, 5.41) is 13.1. The summed E-state index contributed by atoms with van der Waals surface area (Å²) in [6.45, 7) is 4.90. The molecule has 1 saturated carbocycles. The first kappa shape index (κ1) is 17.5. The molecule has 0 atom stereocenters. The highest BCUT2D eigenvalue weighted by Gasteiger charge is 2.26. The number of aromatic nitrogens is 1. The second-order valence-electron chi connectivity index (χ2n) is 7.36. The molecule has 0 spiro atoms. The maximum Gasteiger partial charge on any atom is 0.306 e. The number of aliphatic carboxylic acids is 1. The number of carbonyl (C=O) groups excluding carboxylic acids is 1. The maximum atomic E-state index is 12.4. The van der Waals surface area contributed by atoms with Crippen LogP contribution in [0.3, 0.4) is 0 Å². The van der Waals surface area contributed by atoms with Gasteiger partial charge in [-0.25, -0.2) is 0 Å². The van der Waals surface area contributed by atoms with E-state index >= 15 is 0 Å². The Labute approximate surface area is 148 Å². The van der Waals surface area contributed by atoms with Crippen molar-refractivity contribution >= 4 is 22.8 Å². The van der Waals surface area contributed by atoms with Gasteiger partial charge in [0, 0.05) is 35.2 Å². The van der Waals surface area contributed by atoms with E-state index in [0.717, 1.165) is 23.7 Å². The van der Waals surface area contributed by atoms with Crippen molar-refractivity contribution < 1.29 is 14.7 Å². The van der Waals surface area contributed by atoms with Crippen molar-refractivity contribution in [1.82, 2.24) is 9.88 Å². The number of amides is 1. The SMILES string of the molecule is CC(C)n1ccc2cc(C(=O)NCC3CCC(C(=O)O)CC3)ccc21. The smallest absolute Gasteiger partial charge is 0.306 e. The van der Waals surface area contributed by atoms with Crippen LogP contribution in [0.15, 0.2) is 30.5 Å². The second-order valence-corrected chi connectivity index (χ2v) is 7.36. The van der Waals surface area contributed by atoms with Gasteiger partial charge in [0.25, 0.3) is 5.91 Å². The normalized spacial score (nSPS) is 20.8. The molecular weight excluding hydrogens is 316 g/mol. The minimum absolute atomic E-state index is 0.0560. The zero-order chi connectivity index (χ0) is 18.0. The predicted octanol–water partition coefficient (Wildman–Crippen LogP) is 3.84. The van der Waals surface area contributed by atoms with Gasteiger partial charge in [-0.3, -0.25) is 9.59 Å². The van der Waals surface area contributed by atoms with E-state index in [0.29, 0.717) is 36.9 Å². The topological polar surface area (TPSA) is 71.3 Å². The third-order valence-corrected chi connectivity index (χ3v) is 5.29. The highest BCUT2D eigenvalue weighted by atomic mass is 16.4. The van der Waals surface area contributed by atoms with Crippen molar-refractivity contribution in [3.63, 3.8) is 0 Å². The maximum absolute atomic E-state index is 12.4. The monoisotopic (exact) mass is 342 g/mol. The molecule has 3 rings (SSSR count). The molecule has 0 aliphatic heterocycles. The summed E-state index contributed by atoms with van der Waals surface area (Å²) >= 11 is 0. The van der Waals surface area contributed by atoms with Gasteiger partial charge in [-0.15, -0.1) is 0 Å². The number of carbonyl (C=O) groups is 2. The number of carboxylic acid groups (broad SMARTS) is 1. The van der Waals surface area contributed by atoms with Crippen molar-refractivity contribution in [2.24, 2.45) is 11.8 Å². The zero-order valence-corrected chi connectivity index (χ0v) is 14.9. The standard InChI is InChI=1S/C20H26N2O3/c1-13(2)22-10-9-16-11-17(7-8-18(16)22)19(23)21-12-14-3-5-15(6-4-14)20(24)25/h7-11,13-15H,3-6,12H2,1-2H3,(H,21,23)(H,24,25). The van der Waals surface area contributed by atoms with Crippen LogP contribution < -0.4 is 5.32 Å². The molecule has 5 heteroatoms. The molecule has 2 N–H and O–H groups in total. The molecule has 0 unspecified atom stereocenters. The Hall–Kier alpha value is -2.30. The Morgan fingerprint density at radius 3 is 2.56 bits per heavy atom. The third-order valence-electron chi connectivity index (χ3n) is 5.29. The van der Waals surface area contributed by atoms with Gasteiger partial charge in [-0.2, -0.15) is 0 Å². The molecule has 0 bridgehead atoms. The number of carboxylic acids is 1. The molecular formula is C20H26N2O3. The third kappa shape index (κ3) is 3.86. The Morgan fingerprint density at radius 1 is 1.20 bits per heavy atom. The zero-order valence-electron chi connectivity index (χ0n) is 14.9. The number of nitrogens with one attached hydrogen (secondary N) is 1. The first-order valence-corrected chi connectivity index (χ1v) is 9.07. The Bertz CT molecular complexity index is 770. The lowest BCUT2D eigenvalue weighted by Crippen LogP contribution is -2.32. The van der Waals surface area contributed by atoms with Gasteiger partial charge in [-0.05, 0) is 69.7 Å². The lowest BCUT2D eigenvalue weighted by molar-refractivity contribution is -0.143. The fourth-order valence-electron chi connectivity index (χ4n) is 3.71. The molecule has 5 nitrogen and oxygen atoms in total. The summed E-state index contributed by atoms with van der Waals surface area (Å²) in [6, 6.07) is 8.24. The lowest BCUT2D eigenvalue weighted by atomic mass is 9.82. The average Bonchev–Trinajstić information content (AvgIpc) is 3.03. The molecule has 0 saturated heterocycles. The van der Waals surface area contributed by atoms with E-state index in [1.54, 1.807) is 0 Å². The number of benzene rings is 1. The van der Waals surface area contributed by atoms with Crippen molar-refractivity contribution in [3.05, 3.63) is 36.0 Å². The van der Waals surface area contributed by atoms with Crippen LogP contribution in [0.2, 0.25) is 0 Å². The molecule has 1 heterocycles. The Balaban J connectivity index is 1.58. The minimum atomic E-state index is -0.691. The molecule has 1 fully saturated rings. The van der Waals surface area contributed by atoms with E-state index in [1.165, 1.54) is 0 Å². The van der Waals surface area contributed by atoms with Gasteiger partial charge in [0.1, 0.15) is 0 Å². The van der Waals surface area contributed by atoms with Gasteiger partial charge < -0.3 is 15.0 Å². The average molecular weight is 342 g/mol. The fraction of sp³-hybridized carbons (Fsp3) is 0.500. The van der Waals surface area contributed by atoms with E-state index in [1.807, 2.05) is 24.3 Å². The van der Waals surface area contributed by atoms with Crippen molar-refractivity contribution in [1.29, 1.82) is 0 Å². The number of nitrogens with zero attached hydrogens (tertiary/aromatic N) is 1. The summed E-state index contributed by atoms with van der Waals surface area (Å²) in [5.41, 5.74) is 1.81. The highest BCUT2D eigenvalue weighted by molar-refractivity contribution is 5.98. The van der Waals surface area contributed by atoms with Crippen LogP contribution in [-0.4, -0.2) is 28.1 Å². The molecule has 1 aromatic carbocycles. The molecule has 1 aliphatic rings. The van der Waals surface area contributed by atoms with Crippen LogP contribution in [0.5, 0.6) is 0 Å². The van der Waals surface area contributed by atoms with Crippen LogP contribution in [0.25, 0.3) is 10.9 Å². The predicted molar refractivity (Wildman–Crippen MR) is 97.7 cm³/mol. The van der Waals surface area contributed by atoms with Crippen LogP contribution >= 0.6 is 0 Å². The second kappa shape index (κ2) is 7.30. The molecule has 1 amide bonds. The first-order chi connectivity index (χ1) is 12.0. The van der Waals surface area contributed by atoms with Crippen LogP contribution in [0.1, 0.15) is 55.9 Å². The largest absolute Gasteiger partial charge is 0.481 e. The Kier molecular flexibility index (Phi) is 5.11. The minimum Gasteiger partial charge on any atom is -0.481 e. The molecule has 134 valence electrons. The van der Waals surface area contributed by atoms with E-state index in [-0.39, 0.29) is 11.8 Å². The van der Waals surface area contributed by atoms with Crippen molar-refractivity contribution in [3.8, 4) is 0 Å². The lowest BCUT2D eigenvalue weighted by Gasteiger charge is -2.26. The summed E-state index contributed by atoms with van der Waals surface area (Å²) in [7, 11) is 0. The highest BCUT2D eigenvalue weighted by Crippen LogP contribution is 2.28. The number of fused-ring (bicyclic) bond motifs is 1. The van der Waals surface area contributed by atoms with Crippen LogP contribution in [-0.2, 0) is 4.79 Å². The summed E-state index contributed by atoms with van der Waals surface area (Å²) < 4.78 is 2.19. The summed E-state index contributed by atoms with van der Waals surface area (Å²) in [5.74, 6) is -0.576. The van der Waals surface area contributed by atoms with E-state index in [9.17, 15) is 9.59 Å². The summed E-state index contributed by atoms with van der Waals surface area (Å²) in [4.78, 5) is 23.4. The number of hydrogen-bond donors (Lipinski definition) is 2. The van der Waals surface area contributed by atoms with Crippen molar-refractivity contribution in [2.45, 2.75) is 45.6 Å². The van der Waals surface area contributed by atoms with Gasteiger partial charge in [-0.1, -0.05) is 0 Å². The van der Waals surface area contributed by atoms with Crippen LogP contribution in [0, 0.1) is 11.8 Å². The van der Waals surface area contributed by atoms with E-state index in [4.69, 9.17) is 5.11 Å². The van der Waals surface area contributed by atoms with Crippen molar-refractivity contribution in [2.75, 3.05) is 6.54 Å². The molecule has 1 aromatic heterocycles. The molecule has 2 aromatic rings.